The van der Waals surface area contributed by atoms with Gasteiger partial charge in [-0.3, -0.25) is 9.59 Å². The number of carboxylic acids is 1. The number of carbonyl (C=O) groups is 2. The van der Waals surface area contributed by atoms with E-state index in [1.165, 1.54) is 22.2 Å². The van der Waals surface area contributed by atoms with Gasteiger partial charge in [-0.15, -0.1) is 0 Å². The summed E-state index contributed by atoms with van der Waals surface area (Å²) in [6.45, 7) is 3.76. The zero-order chi connectivity index (χ0) is 19.0. The van der Waals surface area contributed by atoms with Crippen LogP contribution in [-0.2, 0) is 9.59 Å². The van der Waals surface area contributed by atoms with Gasteiger partial charge in [-0.1, -0.05) is 18.2 Å². The molecule has 1 aliphatic heterocycles. The lowest BCUT2D eigenvalue weighted by molar-refractivity contribution is -0.146. The Morgan fingerprint density at radius 3 is 2.30 bits per heavy atom. The Kier molecular flexibility index (Phi) is 4.94. The largest absolute Gasteiger partial charge is 0.481 e. The van der Waals surface area contributed by atoms with Crippen molar-refractivity contribution in [2.75, 3.05) is 13.1 Å². The van der Waals surface area contributed by atoms with Gasteiger partial charge >= 0.3 is 5.97 Å². The minimum Gasteiger partial charge on any atom is -0.481 e. The molecule has 0 atom stereocenters. The zero-order valence-corrected chi connectivity index (χ0v) is 15.9. The number of carboxylic acid groups (broad SMARTS) is 1. The molecule has 5 nitrogen and oxygen atoms in total. The van der Waals surface area contributed by atoms with Crippen LogP contribution in [0, 0.1) is 18.8 Å². The molecular weight excluding hydrogens is 340 g/mol. The van der Waals surface area contributed by atoms with Gasteiger partial charge in [0.15, 0.2) is 0 Å². The molecule has 0 radical (unpaired) electrons. The molecule has 2 N–H and O–H groups in total. The van der Waals surface area contributed by atoms with Crippen LogP contribution in [0.3, 0.4) is 0 Å². The number of amides is 1. The number of likely N-dealkylation sites (tertiary alicyclic amines) is 1. The first kappa shape index (κ1) is 18.1. The van der Waals surface area contributed by atoms with Crippen LogP contribution in [0.4, 0.5) is 0 Å². The van der Waals surface area contributed by atoms with Crippen LogP contribution in [0.1, 0.15) is 55.7 Å². The molecule has 1 amide bonds. The van der Waals surface area contributed by atoms with Gasteiger partial charge in [0.1, 0.15) is 0 Å². The third-order valence-electron chi connectivity index (χ3n) is 6.58. The van der Waals surface area contributed by atoms with Crippen LogP contribution in [-0.4, -0.2) is 40.0 Å². The fraction of sp³-hybridized carbons (Fsp3) is 0.545. The van der Waals surface area contributed by atoms with Crippen LogP contribution < -0.4 is 0 Å². The van der Waals surface area contributed by atoms with Crippen LogP contribution in [0.2, 0.25) is 0 Å². The number of benzene rings is 1. The molecule has 4 rings (SSSR count). The fourth-order valence-electron chi connectivity index (χ4n) is 5.06. The second-order valence-electron chi connectivity index (χ2n) is 8.20. The Morgan fingerprint density at radius 2 is 1.63 bits per heavy atom. The molecule has 0 unspecified atom stereocenters. The number of carbonyl (C=O) groups excluding carboxylic acids is 1. The molecule has 2 aliphatic rings. The second-order valence-corrected chi connectivity index (χ2v) is 8.20. The van der Waals surface area contributed by atoms with E-state index in [0.29, 0.717) is 18.8 Å². The first-order chi connectivity index (χ1) is 13.0. The van der Waals surface area contributed by atoms with Gasteiger partial charge in [-0.25, -0.2) is 0 Å². The molecule has 1 saturated carbocycles. The Hall–Kier alpha value is -2.30. The molecule has 2 aromatic rings. The number of aryl methyl sites for hydroxylation is 1. The maximum atomic E-state index is 12.9. The van der Waals surface area contributed by atoms with Crippen molar-refractivity contribution >= 4 is 22.8 Å². The number of nitrogens with zero attached hydrogens (tertiary/aromatic N) is 1. The van der Waals surface area contributed by atoms with Gasteiger partial charge in [-0.05, 0) is 63.0 Å². The first-order valence-corrected chi connectivity index (χ1v) is 10.1. The fourth-order valence-corrected chi connectivity index (χ4v) is 5.06. The van der Waals surface area contributed by atoms with Gasteiger partial charge in [-0.2, -0.15) is 0 Å². The third-order valence-corrected chi connectivity index (χ3v) is 6.58. The molecule has 144 valence electrons. The van der Waals surface area contributed by atoms with Crippen molar-refractivity contribution in [3.8, 4) is 0 Å². The standard InChI is InChI=1S/C22H28N2O3/c1-14-20(18-4-2-3-5-19(18)23-14)15-10-12-24(13-11-15)21(25)16-6-8-17(9-7-16)22(26)27/h2-5,15-17,23H,6-13H2,1H3,(H,26,27). The highest BCUT2D eigenvalue weighted by Gasteiger charge is 2.34. The maximum absolute atomic E-state index is 12.9. The molecule has 1 aromatic carbocycles. The molecular formula is C22H28N2O3. The average Bonchev–Trinajstić information content (AvgIpc) is 3.03. The Bertz CT molecular complexity index is 840. The summed E-state index contributed by atoms with van der Waals surface area (Å²) in [5.41, 5.74) is 3.85. The number of aromatic amines is 1. The molecule has 0 bridgehead atoms. The molecule has 1 aliphatic carbocycles. The highest BCUT2D eigenvalue weighted by Crippen LogP contribution is 2.37. The summed E-state index contributed by atoms with van der Waals surface area (Å²) in [7, 11) is 0. The van der Waals surface area contributed by atoms with Gasteiger partial charge in [0.05, 0.1) is 5.92 Å². The summed E-state index contributed by atoms with van der Waals surface area (Å²) in [4.78, 5) is 29.5. The highest BCUT2D eigenvalue weighted by molar-refractivity contribution is 5.85. The quantitative estimate of drug-likeness (QED) is 0.857. The van der Waals surface area contributed by atoms with Crippen LogP contribution in [0.5, 0.6) is 0 Å². The molecule has 1 aromatic heterocycles. The van der Waals surface area contributed by atoms with Crippen molar-refractivity contribution in [2.24, 2.45) is 11.8 Å². The number of aliphatic carboxylic acids is 1. The number of piperidine rings is 1. The van der Waals surface area contributed by atoms with E-state index >= 15 is 0 Å². The lowest BCUT2D eigenvalue weighted by Gasteiger charge is -2.36. The smallest absolute Gasteiger partial charge is 0.306 e. The Balaban J connectivity index is 1.38. The predicted molar refractivity (Wildman–Crippen MR) is 105 cm³/mol. The number of para-hydroxylation sites is 1. The summed E-state index contributed by atoms with van der Waals surface area (Å²) in [6.07, 6.45) is 4.71. The highest BCUT2D eigenvalue weighted by atomic mass is 16.4. The number of hydrogen-bond donors (Lipinski definition) is 2. The number of rotatable bonds is 3. The Labute approximate surface area is 159 Å². The number of aromatic nitrogens is 1. The molecule has 27 heavy (non-hydrogen) atoms. The van der Waals surface area contributed by atoms with Gasteiger partial charge < -0.3 is 15.0 Å². The first-order valence-electron chi connectivity index (χ1n) is 10.1. The van der Waals surface area contributed by atoms with E-state index in [0.717, 1.165) is 38.8 Å². The van der Waals surface area contributed by atoms with Crippen molar-refractivity contribution in [2.45, 2.75) is 51.4 Å². The summed E-state index contributed by atoms with van der Waals surface area (Å²) in [5.74, 6) is -0.215. The summed E-state index contributed by atoms with van der Waals surface area (Å²) < 4.78 is 0. The molecule has 0 spiro atoms. The Morgan fingerprint density at radius 1 is 1.00 bits per heavy atom. The topological polar surface area (TPSA) is 73.4 Å². The monoisotopic (exact) mass is 368 g/mol. The van der Waals surface area contributed by atoms with Gasteiger partial charge in [0.2, 0.25) is 5.91 Å². The van der Waals surface area contributed by atoms with Crippen LogP contribution in [0.25, 0.3) is 10.9 Å². The number of fused-ring (bicyclic) bond motifs is 1. The second kappa shape index (κ2) is 7.37. The van der Waals surface area contributed by atoms with Gasteiger partial charge in [0.25, 0.3) is 0 Å². The van der Waals surface area contributed by atoms with E-state index in [4.69, 9.17) is 5.11 Å². The number of nitrogens with one attached hydrogen (secondary N) is 1. The maximum Gasteiger partial charge on any atom is 0.306 e. The van der Waals surface area contributed by atoms with E-state index in [9.17, 15) is 9.59 Å². The zero-order valence-electron chi connectivity index (χ0n) is 15.9. The number of hydrogen-bond acceptors (Lipinski definition) is 2. The summed E-state index contributed by atoms with van der Waals surface area (Å²) in [6, 6.07) is 8.46. The summed E-state index contributed by atoms with van der Waals surface area (Å²) in [5, 5.41) is 10.4. The van der Waals surface area contributed by atoms with E-state index in [2.05, 4.69) is 36.2 Å². The van der Waals surface area contributed by atoms with E-state index in [-0.39, 0.29) is 17.7 Å². The van der Waals surface area contributed by atoms with Crippen molar-refractivity contribution in [3.05, 3.63) is 35.5 Å². The molecule has 5 heteroatoms. The average molecular weight is 368 g/mol. The van der Waals surface area contributed by atoms with Crippen molar-refractivity contribution in [3.63, 3.8) is 0 Å². The molecule has 2 fully saturated rings. The number of H-pyrrole nitrogens is 1. The van der Waals surface area contributed by atoms with Crippen molar-refractivity contribution < 1.29 is 14.7 Å². The SMILES string of the molecule is Cc1[nH]c2ccccc2c1C1CCN(C(=O)C2CCC(C(=O)O)CC2)CC1. The van der Waals surface area contributed by atoms with E-state index < -0.39 is 5.97 Å². The minimum atomic E-state index is -0.712. The van der Waals surface area contributed by atoms with E-state index in [1.54, 1.807) is 0 Å². The lowest BCUT2D eigenvalue weighted by Crippen LogP contribution is -2.42. The predicted octanol–water partition coefficient (Wildman–Crippen LogP) is 4.07. The van der Waals surface area contributed by atoms with Crippen molar-refractivity contribution in [1.29, 1.82) is 0 Å². The molecule has 2 heterocycles. The van der Waals surface area contributed by atoms with Crippen molar-refractivity contribution in [1.82, 2.24) is 9.88 Å². The van der Waals surface area contributed by atoms with E-state index in [1.807, 2.05) is 4.90 Å². The normalized spacial score (nSPS) is 24.3. The third kappa shape index (κ3) is 3.47. The lowest BCUT2D eigenvalue weighted by atomic mass is 9.80. The van der Waals surface area contributed by atoms with Crippen LogP contribution in [0.15, 0.2) is 24.3 Å². The van der Waals surface area contributed by atoms with Crippen LogP contribution >= 0.6 is 0 Å². The molecule has 1 saturated heterocycles. The summed E-state index contributed by atoms with van der Waals surface area (Å²) >= 11 is 0. The van der Waals surface area contributed by atoms with Gasteiger partial charge in [0, 0.05) is 35.6 Å². The minimum absolute atomic E-state index is 0.0203.